The first-order chi connectivity index (χ1) is 10.3. The molecule has 1 aliphatic heterocycles. The van der Waals surface area contributed by atoms with Crippen molar-refractivity contribution in [2.45, 2.75) is 24.7 Å². The molecule has 0 spiro atoms. The van der Waals surface area contributed by atoms with E-state index in [4.69, 9.17) is 23.2 Å². The number of nitrogens with zero attached hydrogens (tertiary/aromatic N) is 1. The van der Waals surface area contributed by atoms with E-state index in [0.29, 0.717) is 19.0 Å². The Labute approximate surface area is 140 Å². The molecule has 8 heteroatoms. The Morgan fingerprint density at radius 1 is 1.27 bits per heavy atom. The van der Waals surface area contributed by atoms with Gasteiger partial charge in [-0.2, -0.15) is 0 Å². The van der Waals surface area contributed by atoms with Gasteiger partial charge in [-0.05, 0) is 37.0 Å². The van der Waals surface area contributed by atoms with E-state index >= 15 is 0 Å². The fourth-order valence-corrected chi connectivity index (χ4v) is 3.62. The van der Waals surface area contributed by atoms with E-state index in [1.54, 1.807) is 4.90 Å². The molecular formula is C14H18Cl2N2O3S. The number of likely N-dealkylation sites (tertiary alicyclic amines) is 1. The first kappa shape index (κ1) is 17.5. The molecule has 1 aromatic carbocycles. The van der Waals surface area contributed by atoms with Gasteiger partial charge in [0.15, 0.2) is 0 Å². The summed E-state index contributed by atoms with van der Waals surface area (Å²) >= 11 is 11.6. The number of amides is 1. The average Bonchev–Trinajstić information content (AvgIpc) is 2.48. The number of sulfonamides is 1. The van der Waals surface area contributed by atoms with E-state index in [1.165, 1.54) is 18.2 Å². The molecule has 1 saturated heterocycles. The maximum atomic E-state index is 12.2. The number of carbonyl (C=O) groups is 1. The van der Waals surface area contributed by atoms with Crippen molar-refractivity contribution < 1.29 is 13.2 Å². The lowest BCUT2D eigenvalue weighted by atomic mass is 9.99. The molecular weight excluding hydrogens is 347 g/mol. The van der Waals surface area contributed by atoms with Crippen LogP contribution in [0.1, 0.15) is 19.8 Å². The van der Waals surface area contributed by atoms with Crippen molar-refractivity contribution in [3.05, 3.63) is 28.2 Å². The molecule has 0 bridgehead atoms. The molecule has 0 atom stereocenters. The second kappa shape index (κ2) is 7.17. The van der Waals surface area contributed by atoms with Gasteiger partial charge in [-0.1, -0.05) is 30.1 Å². The van der Waals surface area contributed by atoms with Crippen molar-refractivity contribution in [2.75, 3.05) is 19.6 Å². The summed E-state index contributed by atoms with van der Waals surface area (Å²) in [7, 11) is -3.78. The zero-order valence-electron chi connectivity index (χ0n) is 12.2. The molecule has 122 valence electrons. The predicted octanol–water partition coefficient (Wildman–Crippen LogP) is 2.53. The van der Waals surface area contributed by atoms with Gasteiger partial charge in [-0.3, -0.25) is 4.79 Å². The van der Waals surface area contributed by atoms with Crippen LogP contribution in [-0.4, -0.2) is 38.9 Å². The van der Waals surface area contributed by atoms with Gasteiger partial charge in [0.25, 0.3) is 0 Å². The Bertz CT molecular complexity index is 656. The largest absolute Gasteiger partial charge is 0.342 e. The van der Waals surface area contributed by atoms with Crippen LogP contribution in [0.25, 0.3) is 0 Å². The summed E-state index contributed by atoms with van der Waals surface area (Å²) in [5.74, 6) is 0.396. The van der Waals surface area contributed by atoms with Crippen LogP contribution in [0.4, 0.5) is 0 Å². The third-order valence-electron chi connectivity index (χ3n) is 3.75. The van der Waals surface area contributed by atoms with Gasteiger partial charge in [0.1, 0.15) is 0 Å². The summed E-state index contributed by atoms with van der Waals surface area (Å²) in [5.41, 5.74) is 0. The molecule has 0 radical (unpaired) electrons. The van der Waals surface area contributed by atoms with Crippen molar-refractivity contribution in [2.24, 2.45) is 5.92 Å². The molecule has 0 unspecified atom stereocenters. The van der Waals surface area contributed by atoms with E-state index in [9.17, 15) is 13.2 Å². The van der Waals surface area contributed by atoms with Crippen LogP contribution in [0.2, 0.25) is 10.0 Å². The third kappa shape index (κ3) is 4.35. The Morgan fingerprint density at radius 2 is 1.91 bits per heavy atom. The third-order valence-corrected chi connectivity index (χ3v) is 5.89. The normalized spacial score (nSPS) is 16.8. The van der Waals surface area contributed by atoms with E-state index in [-0.39, 0.29) is 27.4 Å². The predicted molar refractivity (Wildman–Crippen MR) is 86.6 cm³/mol. The number of hydrogen-bond donors (Lipinski definition) is 1. The first-order valence-corrected chi connectivity index (χ1v) is 9.26. The van der Waals surface area contributed by atoms with Gasteiger partial charge in [0.2, 0.25) is 15.9 Å². The summed E-state index contributed by atoms with van der Waals surface area (Å²) in [6, 6.07) is 4.02. The Hall–Kier alpha value is -0.820. The molecule has 0 aromatic heterocycles. The van der Waals surface area contributed by atoms with E-state index < -0.39 is 10.0 Å². The summed E-state index contributed by atoms with van der Waals surface area (Å²) in [6.45, 7) is 3.24. The van der Waals surface area contributed by atoms with Crippen molar-refractivity contribution in [3.63, 3.8) is 0 Å². The van der Waals surface area contributed by atoms with E-state index in [0.717, 1.165) is 12.8 Å². The highest BCUT2D eigenvalue weighted by Gasteiger charge is 2.22. The van der Waals surface area contributed by atoms with Gasteiger partial charge >= 0.3 is 0 Å². The lowest BCUT2D eigenvalue weighted by molar-refractivity contribution is -0.131. The van der Waals surface area contributed by atoms with Gasteiger partial charge < -0.3 is 4.90 Å². The summed E-state index contributed by atoms with van der Waals surface area (Å²) < 4.78 is 26.6. The minimum atomic E-state index is -3.78. The van der Waals surface area contributed by atoms with Crippen LogP contribution in [0, 0.1) is 5.92 Å². The Balaban J connectivity index is 1.97. The number of piperidine rings is 1. The molecule has 5 nitrogen and oxygen atoms in total. The zero-order valence-corrected chi connectivity index (χ0v) is 14.5. The number of carbonyl (C=O) groups excluding carboxylic acids is 1. The number of rotatable bonds is 4. The highest BCUT2D eigenvalue weighted by Crippen LogP contribution is 2.24. The molecule has 1 amide bonds. The maximum Gasteiger partial charge on any atom is 0.241 e. The highest BCUT2D eigenvalue weighted by atomic mass is 35.5. The zero-order chi connectivity index (χ0) is 16.3. The molecule has 0 aliphatic carbocycles. The van der Waals surface area contributed by atoms with Crippen LogP contribution < -0.4 is 4.72 Å². The molecule has 0 saturated carbocycles. The lowest BCUT2D eigenvalue weighted by Gasteiger charge is -2.30. The van der Waals surface area contributed by atoms with Crippen molar-refractivity contribution in [3.8, 4) is 0 Å². The van der Waals surface area contributed by atoms with Gasteiger partial charge in [0, 0.05) is 13.1 Å². The molecule has 1 fully saturated rings. The summed E-state index contributed by atoms with van der Waals surface area (Å²) in [5, 5.41) is 0.431. The molecule has 2 rings (SSSR count). The van der Waals surface area contributed by atoms with Gasteiger partial charge in [-0.15, -0.1) is 0 Å². The number of benzene rings is 1. The second-order valence-electron chi connectivity index (χ2n) is 5.46. The molecule has 1 heterocycles. The molecule has 22 heavy (non-hydrogen) atoms. The summed E-state index contributed by atoms with van der Waals surface area (Å²) in [6.07, 6.45) is 1.90. The Morgan fingerprint density at radius 3 is 2.50 bits per heavy atom. The SMILES string of the molecule is CC1CCN(C(=O)CNS(=O)(=O)c2ccc(Cl)c(Cl)c2)CC1. The van der Waals surface area contributed by atoms with Crippen molar-refractivity contribution >= 4 is 39.1 Å². The monoisotopic (exact) mass is 364 g/mol. The topological polar surface area (TPSA) is 66.5 Å². The number of hydrogen-bond acceptors (Lipinski definition) is 3. The summed E-state index contributed by atoms with van der Waals surface area (Å²) in [4.78, 5) is 13.7. The fourth-order valence-electron chi connectivity index (χ4n) is 2.25. The first-order valence-electron chi connectivity index (χ1n) is 7.02. The van der Waals surface area contributed by atoms with Crippen molar-refractivity contribution in [1.82, 2.24) is 9.62 Å². The van der Waals surface area contributed by atoms with E-state index in [1.807, 2.05) is 0 Å². The Kier molecular flexibility index (Phi) is 5.71. The minimum Gasteiger partial charge on any atom is -0.342 e. The lowest BCUT2D eigenvalue weighted by Crippen LogP contribution is -2.43. The van der Waals surface area contributed by atoms with Crippen LogP contribution in [0.3, 0.4) is 0 Å². The fraction of sp³-hybridized carbons (Fsp3) is 0.500. The number of nitrogens with one attached hydrogen (secondary N) is 1. The minimum absolute atomic E-state index is 0.0121. The van der Waals surface area contributed by atoms with Crippen LogP contribution in [-0.2, 0) is 14.8 Å². The second-order valence-corrected chi connectivity index (χ2v) is 8.05. The standard InChI is InChI=1S/C14H18Cl2N2O3S/c1-10-4-6-18(7-5-10)14(19)9-17-22(20,21)11-2-3-12(15)13(16)8-11/h2-3,8,10,17H,4-7,9H2,1H3. The molecule has 1 N–H and O–H groups in total. The maximum absolute atomic E-state index is 12.2. The van der Waals surface area contributed by atoms with Crippen LogP contribution in [0.15, 0.2) is 23.1 Å². The number of halogens is 2. The highest BCUT2D eigenvalue weighted by molar-refractivity contribution is 7.89. The molecule has 1 aliphatic rings. The average molecular weight is 365 g/mol. The molecule has 1 aromatic rings. The van der Waals surface area contributed by atoms with Crippen LogP contribution >= 0.6 is 23.2 Å². The quantitative estimate of drug-likeness (QED) is 0.892. The van der Waals surface area contributed by atoms with Crippen molar-refractivity contribution in [1.29, 1.82) is 0 Å². The van der Waals surface area contributed by atoms with Gasteiger partial charge in [0.05, 0.1) is 21.5 Å². The van der Waals surface area contributed by atoms with Crippen LogP contribution in [0.5, 0.6) is 0 Å². The smallest absolute Gasteiger partial charge is 0.241 e. The van der Waals surface area contributed by atoms with E-state index in [2.05, 4.69) is 11.6 Å². The van der Waals surface area contributed by atoms with Gasteiger partial charge in [-0.25, -0.2) is 13.1 Å².